The smallest absolute Gasteiger partial charge is 0.0346 e. The van der Waals surface area contributed by atoms with Crippen LogP contribution in [0.2, 0.25) is 0 Å². The summed E-state index contributed by atoms with van der Waals surface area (Å²) in [7, 11) is 0. The van der Waals surface area contributed by atoms with Crippen molar-refractivity contribution in [2.75, 3.05) is 0 Å². The minimum absolute atomic E-state index is 1.21. The van der Waals surface area contributed by atoms with E-state index in [4.69, 9.17) is 0 Å². The highest BCUT2D eigenvalue weighted by Gasteiger charge is 1.96. The van der Waals surface area contributed by atoms with Crippen LogP contribution in [0.15, 0.2) is 36.7 Å². The standard InChI is InChI=1S/C15H19N/c1-2-3-4-5-6-13-7-8-15-12-16-10-9-14(15)11-13/h7-12H,2-6H2,1H3. The maximum Gasteiger partial charge on any atom is 0.0346 e. The molecule has 0 aliphatic heterocycles. The van der Waals surface area contributed by atoms with E-state index in [0.717, 1.165) is 0 Å². The molecule has 1 heterocycles. The molecule has 2 rings (SSSR count). The minimum Gasteiger partial charge on any atom is -0.264 e. The highest BCUT2D eigenvalue weighted by atomic mass is 14.6. The zero-order valence-electron chi connectivity index (χ0n) is 9.95. The van der Waals surface area contributed by atoms with Gasteiger partial charge in [-0.15, -0.1) is 0 Å². The van der Waals surface area contributed by atoms with Gasteiger partial charge in [0, 0.05) is 17.8 Å². The van der Waals surface area contributed by atoms with Crippen LogP contribution < -0.4 is 0 Å². The molecule has 0 radical (unpaired) electrons. The zero-order valence-corrected chi connectivity index (χ0v) is 9.95. The summed E-state index contributed by atoms with van der Waals surface area (Å²) >= 11 is 0. The largest absolute Gasteiger partial charge is 0.264 e. The third-order valence-electron chi connectivity index (χ3n) is 3.02. The number of hydrogen-bond donors (Lipinski definition) is 0. The van der Waals surface area contributed by atoms with Crippen molar-refractivity contribution in [3.8, 4) is 0 Å². The second-order valence-electron chi connectivity index (χ2n) is 4.37. The summed E-state index contributed by atoms with van der Waals surface area (Å²) in [5.41, 5.74) is 1.45. The Hall–Kier alpha value is -1.37. The molecule has 2 aromatic rings. The summed E-state index contributed by atoms with van der Waals surface area (Å²) in [6, 6.07) is 8.79. The number of nitrogens with zero attached hydrogens (tertiary/aromatic N) is 1. The molecule has 1 heteroatoms. The maximum atomic E-state index is 4.13. The van der Waals surface area contributed by atoms with E-state index in [1.165, 1.54) is 48.4 Å². The third kappa shape index (κ3) is 2.82. The van der Waals surface area contributed by atoms with Gasteiger partial charge in [0.25, 0.3) is 0 Å². The SMILES string of the molecule is CCCCCCc1ccc2cnccc2c1. The van der Waals surface area contributed by atoms with Crippen LogP contribution >= 0.6 is 0 Å². The number of hydrogen-bond acceptors (Lipinski definition) is 1. The Morgan fingerprint density at radius 3 is 2.81 bits per heavy atom. The molecule has 0 fully saturated rings. The van der Waals surface area contributed by atoms with Crippen LogP contribution in [0.3, 0.4) is 0 Å². The Kier molecular flexibility index (Phi) is 3.92. The number of aryl methyl sites for hydroxylation is 1. The Morgan fingerprint density at radius 2 is 1.94 bits per heavy atom. The van der Waals surface area contributed by atoms with E-state index < -0.39 is 0 Å². The summed E-state index contributed by atoms with van der Waals surface area (Å²) in [5, 5.41) is 2.54. The number of rotatable bonds is 5. The van der Waals surface area contributed by atoms with Gasteiger partial charge in [0.1, 0.15) is 0 Å². The summed E-state index contributed by atoms with van der Waals surface area (Å²) in [5.74, 6) is 0. The Morgan fingerprint density at radius 1 is 1.00 bits per heavy atom. The van der Waals surface area contributed by atoms with Crippen molar-refractivity contribution in [2.24, 2.45) is 0 Å². The lowest BCUT2D eigenvalue weighted by Crippen LogP contribution is -1.86. The van der Waals surface area contributed by atoms with Crippen molar-refractivity contribution in [3.05, 3.63) is 42.2 Å². The topological polar surface area (TPSA) is 12.9 Å². The molecule has 1 aromatic heterocycles. The number of fused-ring (bicyclic) bond motifs is 1. The van der Waals surface area contributed by atoms with Crippen molar-refractivity contribution in [1.82, 2.24) is 4.98 Å². The highest BCUT2D eigenvalue weighted by Crippen LogP contribution is 2.16. The van der Waals surface area contributed by atoms with E-state index in [1.807, 2.05) is 12.4 Å². The van der Waals surface area contributed by atoms with Gasteiger partial charge in [0.2, 0.25) is 0 Å². The van der Waals surface area contributed by atoms with Crippen LogP contribution in [0.4, 0.5) is 0 Å². The van der Waals surface area contributed by atoms with Crippen molar-refractivity contribution >= 4 is 10.8 Å². The molecule has 0 saturated heterocycles. The molecule has 0 atom stereocenters. The molecule has 16 heavy (non-hydrogen) atoms. The molecule has 0 N–H and O–H groups in total. The van der Waals surface area contributed by atoms with Crippen molar-refractivity contribution < 1.29 is 0 Å². The Labute approximate surface area is 97.5 Å². The van der Waals surface area contributed by atoms with Gasteiger partial charge in [-0.05, 0) is 29.9 Å². The predicted octanol–water partition coefficient (Wildman–Crippen LogP) is 4.36. The molecule has 0 spiro atoms. The molecule has 0 bridgehead atoms. The average molecular weight is 213 g/mol. The first-order chi connectivity index (χ1) is 7.90. The fourth-order valence-electron chi connectivity index (χ4n) is 2.04. The first-order valence-corrected chi connectivity index (χ1v) is 6.23. The number of benzene rings is 1. The molecule has 84 valence electrons. The van der Waals surface area contributed by atoms with Crippen LogP contribution in [-0.4, -0.2) is 4.98 Å². The van der Waals surface area contributed by atoms with Crippen LogP contribution in [0.1, 0.15) is 38.2 Å². The first-order valence-electron chi connectivity index (χ1n) is 6.23. The lowest BCUT2D eigenvalue weighted by molar-refractivity contribution is 0.667. The monoisotopic (exact) mass is 213 g/mol. The van der Waals surface area contributed by atoms with Gasteiger partial charge in [0.15, 0.2) is 0 Å². The van der Waals surface area contributed by atoms with E-state index in [1.54, 1.807) is 0 Å². The van der Waals surface area contributed by atoms with Gasteiger partial charge >= 0.3 is 0 Å². The van der Waals surface area contributed by atoms with Crippen LogP contribution in [-0.2, 0) is 6.42 Å². The molecule has 0 saturated carbocycles. The third-order valence-corrected chi connectivity index (χ3v) is 3.02. The Bertz CT molecular complexity index is 448. The van der Waals surface area contributed by atoms with Crippen LogP contribution in [0, 0.1) is 0 Å². The molecule has 1 nitrogen and oxygen atoms in total. The second kappa shape index (κ2) is 5.64. The molecule has 0 unspecified atom stereocenters. The fraction of sp³-hybridized carbons (Fsp3) is 0.400. The first kappa shape index (κ1) is 11.1. The molecule has 0 aliphatic carbocycles. The van der Waals surface area contributed by atoms with Gasteiger partial charge in [-0.1, -0.05) is 44.4 Å². The summed E-state index contributed by atoms with van der Waals surface area (Å²) in [6.07, 6.45) is 10.3. The summed E-state index contributed by atoms with van der Waals surface area (Å²) in [4.78, 5) is 4.13. The zero-order chi connectivity index (χ0) is 11.2. The van der Waals surface area contributed by atoms with Gasteiger partial charge in [-0.25, -0.2) is 0 Å². The Balaban J connectivity index is 2.02. The lowest BCUT2D eigenvalue weighted by atomic mass is 10.0. The lowest BCUT2D eigenvalue weighted by Gasteiger charge is -2.03. The molecule has 0 aliphatic rings. The van der Waals surface area contributed by atoms with E-state index in [0.29, 0.717) is 0 Å². The highest BCUT2D eigenvalue weighted by molar-refractivity contribution is 5.81. The minimum atomic E-state index is 1.21. The molecule has 1 aromatic carbocycles. The van der Waals surface area contributed by atoms with Gasteiger partial charge < -0.3 is 0 Å². The summed E-state index contributed by atoms with van der Waals surface area (Å²) < 4.78 is 0. The number of aromatic nitrogens is 1. The van der Waals surface area contributed by atoms with E-state index in [2.05, 4.69) is 36.2 Å². The maximum absolute atomic E-state index is 4.13. The van der Waals surface area contributed by atoms with Crippen molar-refractivity contribution in [1.29, 1.82) is 0 Å². The van der Waals surface area contributed by atoms with Crippen LogP contribution in [0.25, 0.3) is 10.8 Å². The van der Waals surface area contributed by atoms with Gasteiger partial charge in [-0.2, -0.15) is 0 Å². The molecular weight excluding hydrogens is 194 g/mol. The van der Waals surface area contributed by atoms with Gasteiger partial charge in [0.05, 0.1) is 0 Å². The van der Waals surface area contributed by atoms with E-state index in [-0.39, 0.29) is 0 Å². The summed E-state index contributed by atoms with van der Waals surface area (Å²) in [6.45, 7) is 2.25. The fourth-order valence-corrected chi connectivity index (χ4v) is 2.04. The quantitative estimate of drug-likeness (QED) is 0.672. The normalized spacial score (nSPS) is 10.8. The molecular formula is C15H19N. The van der Waals surface area contributed by atoms with Gasteiger partial charge in [-0.3, -0.25) is 4.98 Å². The van der Waals surface area contributed by atoms with Crippen molar-refractivity contribution in [3.63, 3.8) is 0 Å². The van der Waals surface area contributed by atoms with E-state index >= 15 is 0 Å². The number of pyridine rings is 1. The predicted molar refractivity (Wildman–Crippen MR) is 69.6 cm³/mol. The van der Waals surface area contributed by atoms with E-state index in [9.17, 15) is 0 Å². The average Bonchev–Trinajstić information content (AvgIpc) is 2.34. The number of unbranched alkanes of at least 4 members (excludes halogenated alkanes) is 3. The van der Waals surface area contributed by atoms with Crippen molar-refractivity contribution in [2.45, 2.75) is 39.0 Å². The van der Waals surface area contributed by atoms with Crippen LogP contribution in [0.5, 0.6) is 0 Å². The molecule has 0 amide bonds. The second-order valence-corrected chi connectivity index (χ2v) is 4.37.